The summed E-state index contributed by atoms with van der Waals surface area (Å²) in [6, 6.07) is 5.62. The zero-order chi connectivity index (χ0) is 18.9. The van der Waals surface area contributed by atoms with Crippen molar-refractivity contribution in [1.29, 1.82) is 0 Å². The van der Waals surface area contributed by atoms with Gasteiger partial charge < -0.3 is 9.88 Å². The zero-order valence-corrected chi connectivity index (χ0v) is 16.0. The van der Waals surface area contributed by atoms with Crippen LogP contribution in [-0.4, -0.2) is 20.4 Å². The molecule has 26 heavy (non-hydrogen) atoms. The minimum Gasteiger partial charge on any atom is -0.337 e. The molecular formula is C19H21FN4OS. The van der Waals surface area contributed by atoms with Crippen LogP contribution >= 0.6 is 11.3 Å². The number of aryl methyl sites for hydroxylation is 1. The van der Waals surface area contributed by atoms with Gasteiger partial charge in [0.1, 0.15) is 22.6 Å². The van der Waals surface area contributed by atoms with Gasteiger partial charge in [-0.3, -0.25) is 4.79 Å². The first kappa shape index (κ1) is 18.3. The van der Waals surface area contributed by atoms with E-state index in [1.54, 1.807) is 30.7 Å². The molecule has 0 saturated carbocycles. The van der Waals surface area contributed by atoms with E-state index in [4.69, 9.17) is 0 Å². The number of carbonyl (C=O) groups excluding carboxylic acids is 1. The van der Waals surface area contributed by atoms with E-state index in [0.29, 0.717) is 16.3 Å². The fraction of sp³-hybridized carbons (Fsp3) is 0.316. The summed E-state index contributed by atoms with van der Waals surface area (Å²) >= 11 is 1.37. The number of benzene rings is 1. The molecule has 136 valence electrons. The van der Waals surface area contributed by atoms with Gasteiger partial charge in [-0.1, -0.05) is 32.9 Å². The van der Waals surface area contributed by atoms with Crippen LogP contribution in [0.25, 0.3) is 0 Å². The highest BCUT2D eigenvalue weighted by molar-refractivity contribution is 7.13. The molecular weight excluding hydrogens is 351 g/mol. The Kier molecular flexibility index (Phi) is 4.91. The van der Waals surface area contributed by atoms with E-state index in [9.17, 15) is 9.18 Å². The molecule has 1 unspecified atom stereocenters. The van der Waals surface area contributed by atoms with Crippen LogP contribution < -0.4 is 5.32 Å². The van der Waals surface area contributed by atoms with Crippen molar-refractivity contribution in [1.82, 2.24) is 19.9 Å². The van der Waals surface area contributed by atoms with Crippen molar-refractivity contribution in [3.05, 3.63) is 69.9 Å². The van der Waals surface area contributed by atoms with Crippen molar-refractivity contribution in [2.45, 2.75) is 32.2 Å². The fourth-order valence-corrected chi connectivity index (χ4v) is 3.44. The monoisotopic (exact) mass is 372 g/mol. The highest BCUT2D eigenvalue weighted by Crippen LogP contribution is 2.28. The Morgan fingerprint density at radius 2 is 2.08 bits per heavy atom. The third-order valence-electron chi connectivity index (χ3n) is 3.95. The lowest BCUT2D eigenvalue weighted by Gasteiger charge is -2.19. The van der Waals surface area contributed by atoms with Crippen molar-refractivity contribution in [3.63, 3.8) is 0 Å². The highest BCUT2D eigenvalue weighted by Gasteiger charge is 2.25. The van der Waals surface area contributed by atoms with Crippen molar-refractivity contribution < 1.29 is 9.18 Å². The molecule has 2 aromatic heterocycles. The molecule has 7 heteroatoms. The van der Waals surface area contributed by atoms with Crippen LogP contribution in [0.1, 0.15) is 52.9 Å². The first-order valence-corrected chi connectivity index (χ1v) is 9.07. The average molecular weight is 372 g/mol. The summed E-state index contributed by atoms with van der Waals surface area (Å²) in [5.41, 5.74) is 0.512. The van der Waals surface area contributed by atoms with Gasteiger partial charge >= 0.3 is 0 Å². The van der Waals surface area contributed by atoms with Crippen molar-refractivity contribution in [2.75, 3.05) is 0 Å². The second-order valence-electron chi connectivity index (χ2n) is 7.14. The van der Waals surface area contributed by atoms with E-state index in [1.807, 2.05) is 11.6 Å². The van der Waals surface area contributed by atoms with Gasteiger partial charge in [0, 0.05) is 24.9 Å². The summed E-state index contributed by atoms with van der Waals surface area (Å²) in [4.78, 5) is 22.0. The highest BCUT2D eigenvalue weighted by atomic mass is 32.1. The van der Waals surface area contributed by atoms with E-state index < -0.39 is 6.04 Å². The van der Waals surface area contributed by atoms with E-state index in [-0.39, 0.29) is 17.1 Å². The molecule has 3 rings (SSSR count). The average Bonchev–Trinajstić information content (AvgIpc) is 3.21. The lowest BCUT2D eigenvalue weighted by Crippen LogP contribution is -2.30. The Morgan fingerprint density at radius 3 is 2.65 bits per heavy atom. The Labute approximate surface area is 155 Å². The largest absolute Gasteiger partial charge is 0.337 e. The minimum atomic E-state index is -0.557. The number of halogens is 1. The van der Waals surface area contributed by atoms with Crippen LogP contribution in [0, 0.1) is 5.82 Å². The lowest BCUT2D eigenvalue weighted by atomic mass is 9.98. The van der Waals surface area contributed by atoms with Crippen LogP contribution in [-0.2, 0) is 12.5 Å². The summed E-state index contributed by atoms with van der Waals surface area (Å²) in [5, 5.41) is 3.86. The van der Waals surface area contributed by atoms with Crippen molar-refractivity contribution in [2.24, 2.45) is 7.05 Å². The number of thiazole rings is 1. The molecule has 5 nitrogen and oxygen atoms in total. The van der Waals surface area contributed by atoms with Gasteiger partial charge in [0.25, 0.3) is 5.91 Å². The van der Waals surface area contributed by atoms with Gasteiger partial charge in [-0.25, -0.2) is 14.4 Å². The van der Waals surface area contributed by atoms with Crippen molar-refractivity contribution >= 4 is 17.2 Å². The van der Waals surface area contributed by atoms with Gasteiger partial charge in [0.2, 0.25) is 0 Å². The normalized spacial score (nSPS) is 12.8. The van der Waals surface area contributed by atoms with Gasteiger partial charge in [0.05, 0.1) is 11.2 Å². The standard InChI is InChI=1S/C19H21FN4OS/c1-19(2,3)18-22-11-14(26-18)17(25)23-15(16-21-8-9-24(16)4)12-6-5-7-13(20)10-12/h5-11,15H,1-4H3,(H,23,25). The summed E-state index contributed by atoms with van der Waals surface area (Å²) in [6.45, 7) is 6.16. The van der Waals surface area contributed by atoms with Crippen molar-refractivity contribution in [3.8, 4) is 0 Å². The molecule has 0 aliphatic heterocycles. The number of rotatable bonds is 4. The molecule has 0 aliphatic rings. The third kappa shape index (κ3) is 3.83. The number of nitrogens with one attached hydrogen (secondary N) is 1. The third-order valence-corrected chi connectivity index (χ3v) is 5.37. The topological polar surface area (TPSA) is 59.8 Å². The molecule has 1 N–H and O–H groups in total. The molecule has 1 aromatic carbocycles. The second-order valence-corrected chi connectivity index (χ2v) is 8.17. The van der Waals surface area contributed by atoms with Gasteiger partial charge in [-0.05, 0) is 17.7 Å². The second kappa shape index (κ2) is 6.99. The van der Waals surface area contributed by atoms with E-state index in [2.05, 4.69) is 36.1 Å². The molecule has 1 amide bonds. The molecule has 0 fully saturated rings. The predicted octanol–water partition coefficient (Wildman–Crippen LogP) is 3.83. The molecule has 0 saturated heterocycles. The van der Waals surface area contributed by atoms with Crippen LogP contribution in [0.5, 0.6) is 0 Å². The minimum absolute atomic E-state index is 0.120. The number of hydrogen-bond donors (Lipinski definition) is 1. The van der Waals surface area contributed by atoms with E-state index in [1.165, 1.54) is 23.5 Å². The number of aromatic nitrogens is 3. The lowest BCUT2D eigenvalue weighted by molar-refractivity contribution is 0.0945. The summed E-state index contributed by atoms with van der Waals surface area (Å²) in [6.07, 6.45) is 5.03. The van der Waals surface area contributed by atoms with Gasteiger partial charge in [-0.2, -0.15) is 0 Å². The number of amides is 1. The maximum atomic E-state index is 13.7. The van der Waals surface area contributed by atoms with Gasteiger partial charge in [-0.15, -0.1) is 11.3 Å². The summed E-state index contributed by atoms with van der Waals surface area (Å²) < 4.78 is 15.5. The number of nitrogens with zero attached hydrogens (tertiary/aromatic N) is 3. The number of carbonyl (C=O) groups is 1. The van der Waals surface area contributed by atoms with Gasteiger partial charge in [0.15, 0.2) is 0 Å². The molecule has 1 atom stereocenters. The number of hydrogen-bond acceptors (Lipinski definition) is 4. The van der Waals surface area contributed by atoms with Crippen LogP contribution in [0.4, 0.5) is 4.39 Å². The van der Waals surface area contributed by atoms with Crippen LogP contribution in [0.2, 0.25) is 0 Å². The molecule has 0 radical (unpaired) electrons. The SMILES string of the molecule is Cn1ccnc1C(NC(=O)c1cnc(C(C)(C)C)s1)c1cccc(F)c1. The quantitative estimate of drug-likeness (QED) is 0.757. The van der Waals surface area contributed by atoms with E-state index in [0.717, 1.165) is 5.01 Å². The Morgan fingerprint density at radius 1 is 1.31 bits per heavy atom. The van der Waals surface area contributed by atoms with Crippen LogP contribution in [0.3, 0.4) is 0 Å². The molecule has 3 aromatic rings. The predicted molar refractivity (Wildman–Crippen MR) is 99.7 cm³/mol. The summed E-state index contributed by atoms with van der Waals surface area (Å²) in [5.74, 6) is 0.0172. The first-order chi connectivity index (χ1) is 12.3. The first-order valence-electron chi connectivity index (χ1n) is 8.25. The Bertz CT molecular complexity index is 926. The zero-order valence-electron chi connectivity index (χ0n) is 15.2. The number of imidazole rings is 1. The maximum absolute atomic E-state index is 13.7. The molecule has 0 bridgehead atoms. The van der Waals surface area contributed by atoms with Crippen LogP contribution in [0.15, 0.2) is 42.9 Å². The Hall–Kier alpha value is -2.54. The molecule has 0 aliphatic carbocycles. The van der Waals surface area contributed by atoms with E-state index >= 15 is 0 Å². The summed E-state index contributed by atoms with van der Waals surface area (Å²) in [7, 11) is 1.84. The molecule has 2 heterocycles. The maximum Gasteiger partial charge on any atom is 0.263 e. The smallest absolute Gasteiger partial charge is 0.263 e. The fourth-order valence-electron chi connectivity index (χ4n) is 2.57. The molecule has 0 spiro atoms. The Balaban J connectivity index is 1.92.